The molecule has 3 saturated carbocycles. The smallest absolute Gasteiger partial charge is 0.303 e. The standard InChI is InChI=1S/C15H23NO4/c1-8(17)19-12-6-15(7-13(12)20-9(2)18)11-4-3-10(5-11)14(15)16/h10-14H,3-7,16H2,1-2H3/t10?,11?,12-,13?,14-,15?/m0/s1. The van der Waals surface area contributed by atoms with Crippen LogP contribution in [0, 0.1) is 17.3 Å². The average Bonchev–Trinajstić information content (AvgIpc) is 2.98. The monoisotopic (exact) mass is 281 g/mol. The molecule has 3 rings (SSSR count). The Kier molecular flexibility index (Phi) is 3.27. The van der Waals surface area contributed by atoms with Crippen molar-refractivity contribution >= 4 is 11.9 Å². The summed E-state index contributed by atoms with van der Waals surface area (Å²) in [5.41, 5.74) is 6.47. The predicted octanol–water partition coefficient (Wildman–Crippen LogP) is 1.39. The number of nitrogens with two attached hydrogens (primary N) is 1. The Bertz CT molecular complexity index is 408. The first-order valence-electron chi connectivity index (χ1n) is 7.52. The van der Waals surface area contributed by atoms with Crippen LogP contribution < -0.4 is 5.73 Å². The van der Waals surface area contributed by atoms with Gasteiger partial charge in [0, 0.05) is 19.9 Å². The van der Waals surface area contributed by atoms with Gasteiger partial charge in [0.15, 0.2) is 0 Å². The molecule has 0 aliphatic heterocycles. The first-order chi connectivity index (χ1) is 9.42. The zero-order valence-electron chi connectivity index (χ0n) is 12.1. The van der Waals surface area contributed by atoms with Crippen molar-refractivity contribution in [2.45, 2.75) is 64.2 Å². The summed E-state index contributed by atoms with van der Waals surface area (Å²) in [6, 6.07) is 0.153. The molecule has 0 radical (unpaired) electrons. The predicted molar refractivity (Wildman–Crippen MR) is 71.6 cm³/mol. The van der Waals surface area contributed by atoms with E-state index >= 15 is 0 Å². The summed E-state index contributed by atoms with van der Waals surface area (Å²) in [6.45, 7) is 2.80. The Labute approximate surface area is 119 Å². The van der Waals surface area contributed by atoms with E-state index < -0.39 is 0 Å². The molecule has 0 aromatic rings. The summed E-state index contributed by atoms with van der Waals surface area (Å²) in [4.78, 5) is 22.6. The highest BCUT2D eigenvalue weighted by Crippen LogP contribution is 2.62. The van der Waals surface area contributed by atoms with Gasteiger partial charge in [0.25, 0.3) is 0 Å². The lowest BCUT2D eigenvalue weighted by Gasteiger charge is -2.39. The fourth-order valence-corrected chi connectivity index (χ4v) is 4.97. The van der Waals surface area contributed by atoms with Gasteiger partial charge in [0.2, 0.25) is 0 Å². The van der Waals surface area contributed by atoms with Crippen LogP contribution >= 0.6 is 0 Å². The Morgan fingerprint density at radius 3 is 2.00 bits per heavy atom. The molecule has 5 heteroatoms. The van der Waals surface area contributed by atoms with Crippen LogP contribution in [-0.4, -0.2) is 30.2 Å². The van der Waals surface area contributed by atoms with Crippen LogP contribution in [0.25, 0.3) is 0 Å². The highest BCUT2D eigenvalue weighted by Gasteiger charge is 2.62. The first-order valence-corrected chi connectivity index (χ1v) is 7.52. The maximum Gasteiger partial charge on any atom is 0.303 e. The van der Waals surface area contributed by atoms with Crippen LogP contribution in [0.4, 0.5) is 0 Å². The van der Waals surface area contributed by atoms with Crippen molar-refractivity contribution in [3.8, 4) is 0 Å². The summed E-state index contributed by atoms with van der Waals surface area (Å²) in [5, 5.41) is 0. The Morgan fingerprint density at radius 1 is 1.05 bits per heavy atom. The maximum atomic E-state index is 11.3. The molecule has 1 spiro atoms. The van der Waals surface area contributed by atoms with Gasteiger partial charge >= 0.3 is 11.9 Å². The highest BCUT2D eigenvalue weighted by molar-refractivity contribution is 5.67. The van der Waals surface area contributed by atoms with Gasteiger partial charge in [-0.15, -0.1) is 0 Å². The molecule has 0 aromatic heterocycles. The lowest BCUT2D eigenvalue weighted by atomic mass is 9.69. The topological polar surface area (TPSA) is 78.6 Å². The number of rotatable bonds is 2. The SMILES string of the molecule is CC(=O)OC1CC2(C[C@@H]1OC(C)=O)C1CCC(C1)[C@@H]2N. The van der Waals surface area contributed by atoms with Crippen LogP contribution in [0.3, 0.4) is 0 Å². The number of carbonyl (C=O) groups is 2. The summed E-state index contributed by atoms with van der Waals surface area (Å²) >= 11 is 0. The summed E-state index contributed by atoms with van der Waals surface area (Å²) < 4.78 is 10.8. The van der Waals surface area contributed by atoms with Gasteiger partial charge in [-0.25, -0.2) is 0 Å². The third-order valence-electron chi connectivity index (χ3n) is 5.67. The normalized spacial score (nSPS) is 45.9. The van der Waals surface area contributed by atoms with E-state index in [1.54, 1.807) is 0 Å². The molecule has 112 valence electrons. The lowest BCUT2D eigenvalue weighted by molar-refractivity contribution is -0.162. The number of fused-ring (bicyclic) bond motifs is 3. The van der Waals surface area contributed by atoms with Crippen LogP contribution in [0.2, 0.25) is 0 Å². The van der Waals surface area contributed by atoms with E-state index in [4.69, 9.17) is 15.2 Å². The Hall–Kier alpha value is -1.10. The number of ether oxygens (including phenoxy) is 2. The van der Waals surface area contributed by atoms with Crippen molar-refractivity contribution in [2.75, 3.05) is 0 Å². The molecule has 3 fully saturated rings. The molecular formula is C15H23NO4. The van der Waals surface area contributed by atoms with Crippen molar-refractivity contribution in [3.05, 3.63) is 0 Å². The fourth-order valence-electron chi connectivity index (χ4n) is 4.97. The van der Waals surface area contributed by atoms with E-state index in [1.165, 1.54) is 33.1 Å². The average molecular weight is 281 g/mol. The van der Waals surface area contributed by atoms with E-state index in [0.29, 0.717) is 11.8 Å². The third kappa shape index (κ3) is 2.03. The number of hydrogen-bond acceptors (Lipinski definition) is 5. The van der Waals surface area contributed by atoms with E-state index in [-0.39, 0.29) is 35.6 Å². The van der Waals surface area contributed by atoms with E-state index in [9.17, 15) is 9.59 Å². The van der Waals surface area contributed by atoms with Crippen molar-refractivity contribution in [1.29, 1.82) is 0 Å². The molecule has 0 heterocycles. The van der Waals surface area contributed by atoms with Crippen LogP contribution in [-0.2, 0) is 19.1 Å². The zero-order chi connectivity index (χ0) is 14.5. The fraction of sp³-hybridized carbons (Fsp3) is 0.867. The van der Waals surface area contributed by atoms with Gasteiger partial charge in [-0.05, 0) is 49.4 Å². The van der Waals surface area contributed by atoms with E-state index in [1.807, 2.05) is 0 Å². The van der Waals surface area contributed by atoms with Crippen molar-refractivity contribution in [1.82, 2.24) is 0 Å². The van der Waals surface area contributed by atoms with Gasteiger partial charge in [0.05, 0.1) is 0 Å². The molecule has 0 saturated heterocycles. The zero-order valence-corrected chi connectivity index (χ0v) is 12.1. The summed E-state index contributed by atoms with van der Waals surface area (Å²) in [5.74, 6) is 0.553. The largest absolute Gasteiger partial charge is 0.459 e. The van der Waals surface area contributed by atoms with Crippen LogP contribution in [0.5, 0.6) is 0 Å². The van der Waals surface area contributed by atoms with Gasteiger partial charge in [-0.1, -0.05) is 0 Å². The first kappa shape index (κ1) is 13.9. The third-order valence-corrected chi connectivity index (χ3v) is 5.67. The van der Waals surface area contributed by atoms with Crippen molar-refractivity contribution < 1.29 is 19.1 Å². The Balaban J connectivity index is 1.81. The molecule has 3 aliphatic carbocycles. The molecule has 0 aromatic carbocycles. The quantitative estimate of drug-likeness (QED) is 0.774. The summed E-state index contributed by atoms with van der Waals surface area (Å²) in [6.07, 6.45) is 4.42. The second-order valence-corrected chi connectivity index (χ2v) is 6.73. The van der Waals surface area contributed by atoms with Crippen molar-refractivity contribution in [2.24, 2.45) is 23.0 Å². The Morgan fingerprint density at radius 2 is 1.60 bits per heavy atom. The van der Waals surface area contributed by atoms with E-state index in [2.05, 4.69) is 0 Å². The maximum absolute atomic E-state index is 11.3. The second-order valence-electron chi connectivity index (χ2n) is 6.73. The lowest BCUT2D eigenvalue weighted by Crippen LogP contribution is -2.45. The molecule has 4 unspecified atom stereocenters. The van der Waals surface area contributed by atoms with Gasteiger partial charge in [-0.3, -0.25) is 9.59 Å². The van der Waals surface area contributed by atoms with Gasteiger partial charge in [0.1, 0.15) is 12.2 Å². The molecule has 6 atom stereocenters. The minimum absolute atomic E-state index is 0.00313. The molecule has 0 amide bonds. The summed E-state index contributed by atoms with van der Waals surface area (Å²) in [7, 11) is 0. The van der Waals surface area contributed by atoms with Crippen LogP contribution in [0.15, 0.2) is 0 Å². The van der Waals surface area contributed by atoms with Crippen LogP contribution in [0.1, 0.15) is 46.0 Å². The minimum atomic E-state index is -0.332. The molecule has 2 N–H and O–H groups in total. The molecule has 3 aliphatic rings. The van der Waals surface area contributed by atoms with Gasteiger partial charge in [-0.2, -0.15) is 0 Å². The molecule has 2 bridgehead atoms. The number of carbonyl (C=O) groups excluding carboxylic acids is 2. The molecule has 20 heavy (non-hydrogen) atoms. The van der Waals surface area contributed by atoms with Gasteiger partial charge < -0.3 is 15.2 Å². The molecule has 5 nitrogen and oxygen atoms in total. The molecular weight excluding hydrogens is 258 g/mol. The minimum Gasteiger partial charge on any atom is -0.459 e. The second kappa shape index (κ2) is 4.72. The van der Waals surface area contributed by atoms with Crippen molar-refractivity contribution in [3.63, 3.8) is 0 Å². The number of hydrogen-bond donors (Lipinski definition) is 1. The highest BCUT2D eigenvalue weighted by atomic mass is 16.6. The van der Waals surface area contributed by atoms with E-state index in [0.717, 1.165) is 12.8 Å². The number of esters is 2.